The number of fused-ring (bicyclic) bond motifs is 7. The van der Waals surface area contributed by atoms with Gasteiger partial charge < -0.3 is 9.64 Å². The van der Waals surface area contributed by atoms with Crippen molar-refractivity contribution in [3.05, 3.63) is 66.7 Å². The summed E-state index contributed by atoms with van der Waals surface area (Å²) in [5, 5.41) is 0. The van der Waals surface area contributed by atoms with Gasteiger partial charge in [-0.25, -0.2) is 4.90 Å². The molecule has 7 heteroatoms. The van der Waals surface area contributed by atoms with Gasteiger partial charge >= 0.3 is 0 Å². The molecular weight excluding hydrogens is 418 g/mol. The van der Waals surface area contributed by atoms with Gasteiger partial charge in [0.15, 0.2) is 0 Å². The molecule has 0 N–H and O–H groups in total. The number of ether oxygens (including phenoxy) is 1. The average Bonchev–Trinajstić information content (AvgIpc) is 3.53. The van der Waals surface area contributed by atoms with Gasteiger partial charge in [-0.05, 0) is 49.7 Å². The van der Waals surface area contributed by atoms with Crippen LogP contribution in [0.3, 0.4) is 0 Å². The molecule has 4 atom stereocenters. The van der Waals surface area contributed by atoms with Gasteiger partial charge in [-0.15, -0.1) is 6.58 Å². The van der Waals surface area contributed by atoms with Gasteiger partial charge in [0.05, 0.1) is 24.6 Å². The Kier molecular flexibility index (Phi) is 4.29. The van der Waals surface area contributed by atoms with E-state index >= 15 is 0 Å². The number of rotatable bonds is 4. The Hall–Kier alpha value is -3.45. The molecule has 0 bridgehead atoms. The summed E-state index contributed by atoms with van der Waals surface area (Å²) in [5.41, 5.74) is 0.992. The van der Waals surface area contributed by atoms with Crippen LogP contribution in [0.15, 0.2) is 61.2 Å². The van der Waals surface area contributed by atoms with Crippen molar-refractivity contribution in [2.24, 2.45) is 11.8 Å². The number of methoxy groups -OCH3 is 1. The van der Waals surface area contributed by atoms with Crippen LogP contribution in [0.1, 0.15) is 18.4 Å². The highest BCUT2D eigenvalue weighted by atomic mass is 16.5. The lowest BCUT2D eigenvalue weighted by atomic mass is 9.75. The molecule has 0 aliphatic carbocycles. The minimum absolute atomic E-state index is 0.124. The highest BCUT2D eigenvalue weighted by molar-refractivity contribution is 6.26. The van der Waals surface area contributed by atoms with E-state index in [1.807, 2.05) is 24.3 Å². The van der Waals surface area contributed by atoms with Crippen molar-refractivity contribution in [3.63, 3.8) is 0 Å². The first kappa shape index (κ1) is 20.2. The van der Waals surface area contributed by atoms with E-state index < -0.39 is 17.4 Å². The number of nitrogens with zero attached hydrogens (tertiary/aromatic N) is 3. The third-order valence-corrected chi connectivity index (χ3v) is 7.79. The smallest absolute Gasteiger partial charge is 0.253 e. The minimum Gasteiger partial charge on any atom is -0.497 e. The zero-order valence-electron chi connectivity index (χ0n) is 18.4. The maximum absolute atomic E-state index is 14.2. The van der Waals surface area contributed by atoms with E-state index in [-0.39, 0.29) is 23.8 Å². The number of benzene rings is 2. The van der Waals surface area contributed by atoms with Crippen LogP contribution in [0.2, 0.25) is 0 Å². The maximum atomic E-state index is 14.2. The largest absolute Gasteiger partial charge is 0.497 e. The van der Waals surface area contributed by atoms with Gasteiger partial charge in [-0.2, -0.15) is 0 Å². The van der Waals surface area contributed by atoms with E-state index in [1.54, 1.807) is 42.4 Å². The van der Waals surface area contributed by atoms with E-state index in [0.29, 0.717) is 24.5 Å². The first-order valence-corrected chi connectivity index (χ1v) is 11.4. The SMILES string of the molecule is C=CCN1C(=O)[C@]2(c3ccccc31)[C@@H]1C(=O)N(c3ccc(OC)cc3)C(=O)[C@H]1[C@@H]1CCCN12. The van der Waals surface area contributed by atoms with E-state index in [0.717, 1.165) is 24.1 Å². The molecule has 4 aliphatic heterocycles. The summed E-state index contributed by atoms with van der Waals surface area (Å²) in [7, 11) is 1.57. The van der Waals surface area contributed by atoms with E-state index in [4.69, 9.17) is 4.74 Å². The lowest BCUT2D eigenvalue weighted by Gasteiger charge is -2.37. The molecule has 2 aromatic carbocycles. The zero-order valence-corrected chi connectivity index (χ0v) is 18.4. The van der Waals surface area contributed by atoms with Gasteiger partial charge in [0.1, 0.15) is 11.3 Å². The summed E-state index contributed by atoms with van der Waals surface area (Å²) in [6.07, 6.45) is 3.40. The Labute approximate surface area is 192 Å². The third kappa shape index (κ3) is 2.35. The lowest BCUT2D eigenvalue weighted by molar-refractivity contribution is -0.137. The predicted octanol–water partition coefficient (Wildman–Crippen LogP) is 2.71. The molecular formula is C26H25N3O4. The maximum Gasteiger partial charge on any atom is 0.253 e. The minimum atomic E-state index is -1.15. The number of imide groups is 1. The number of para-hydroxylation sites is 1. The Balaban J connectivity index is 1.53. The molecule has 3 amide bonds. The van der Waals surface area contributed by atoms with Crippen LogP contribution in [0.5, 0.6) is 5.75 Å². The van der Waals surface area contributed by atoms with Crippen molar-refractivity contribution in [3.8, 4) is 5.75 Å². The molecule has 1 spiro atoms. The molecule has 3 fully saturated rings. The number of hydrogen-bond acceptors (Lipinski definition) is 5. The average molecular weight is 444 g/mol. The fraction of sp³-hybridized carbons (Fsp3) is 0.346. The van der Waals surface area contributed by atoms with Crippen LogP contribution in [0, 0.1) is 11.8 Å². The Morgan fingerprint density at radius 3 is 2.58 bits per heavy atom. The number of carbonyl (C=O) groups excluding carboxylic acids is 3. The van der Waals surface area contributed by atoms with Gasteiger partial charge in [-0.3, -0.25) is 19.3 Å². The fourth-order valence-electron chi connectivity index (χ4n) is 6.64. The topological polar surface area (TPSA) is 70.2 Å². The van der Waals surface area contributed by atoms with Crippen molar-refractivity contribution >= 4 is 29.1 Å². The van der Waals surface area contributed by atoms with E-state index in [1.165, 1.54) is 4.90 Å². The van der Waals surface area contributed by atoms with Crippen molar-refractivity contribution in [1.29, 1.82) is 0 Å². The second kappa shape index (κ2) is 7.02. The molecule has 2 aromatic rings. The van der Waals surface area contributed by atoms with Crippen molar-refractivity contribution in [2.75, 3.05) is 30.0 Å². The zero-order chi connectivity index (χ0) is 22.9. The number of anilines is 2. The van der Waals surface area contributed by atoms with Gasteiger partial charge in [0.2, 0.25) is 11.8 Å². The second-order valence-corrected chi connectivity index (χ2v) is 9.10. The molecule has 7 nitrogen and oxygen atoms in total. The normalized spacial score (nSPS) is 30.2. The van der Waals surface area contributed by atoms with Crippen LogP contribution in [0.25, 0.3) is 0 Å². The van der Waals surface area contributed by atoms with Crippen molar-refractivity contribution in [1.82, 2.24) is 4.90 Å². The Morgan fingerprint density at radius 2 is 1.85 bits per heavy atom. The first-order valence-electron chi connectivity index (χ1n) is 11.4. The summed E-state index contributed by atoms with van der Waals surface area (Å²) >= 11 is 0. The Bertz CT molecular complexity index is 1190. The van der Waals surface area contributed by atoms with Crippen molar-refractivity contribution < 1.29 is 19.1 Å². The highest BCUT2D eigenvalue weighted by Gasteiger charge is 2.75. The van der Waals surface area contributed by atoms with Crippen LogP contribution in [-0.4, -0.2) is 48.9 Å². The summed E-state index contributed by atoms with van der Waals surface area (Å²) in [5.74, 6) is -1.27. The lowest BCUT2D eigenvalue weighted by Crippen LogP contribution is -2.56. The third-order valence-electron chi connectivity index (χ3n) is 7.79. The fourth-order valence-corrected chi connectivity index (χ4v) is 6.64. The van der Waals surface area contributed by atoms with Crippen LogP contribution < -0.4 is 14.5 Å². The van der Waals surface area contributed by atoms with Crippen LogP contribution in [0.4, 0.5) is 11.4 Å². The number of hydrogen-bond donors (Lipinski definition) is 0. The molecule has 3 saturated heterocycles. The molecule has 168 valence electrons. The quantitative estimate of drug-likeness (QED) is 0.537. The predicted molar refractivity (Wildman–Crippen MR) is 123 cm³/mol. The standard InChI is InChI=1S/C26H25N3O4/c1-3-14-27-19-8-5-4-7-18(19)26(25(27)32)22-21(20-9-6-15-28(20)26)23(30)29(24(22)31)16-10-12-17(33-2)13-11-16/h3-5,7-8,10-13,20-22H,1,6,9,14-15H2,2H3/t20-,21-,22-,26-/m0/s1. The molecule has 6 rings (SSSR count). The number of amides is 3. The molecule has 0 aromatic heterocycles. The monoisotopic (exact) mass is 443 g/mol. The molecule has 4 heterocycles. The van der Waals surface area contributed by atoms with E-state index in [9.17, 15) is 14.4 Å². The van der Waals surface area contributed by atoms with Gasteiger partial charge in [0, 0.05) is 23.8 Å². The first-order chi connectivity index (χ1) is 16.1. The van der Waals surface area contributed by atoms with Crippen molar-refractivity contribution in [2.45, 2.75) is 24.4 Å². The molecule has 4 aliphatic rings. The molecule has 0 unspecified atom stereocenters. The molecule has 0 radical (unpaired) electrons. The Morgan fingerprint density at radius 1 is 1.09 bits per heavy atom. The number of carbonyl (C=O) groups is 3. The summed E-state index contributed by atoms with van der Waals surface area (Å²) in [4.78, 5) is 47.1. The van der Waals surface area contributed by atoms with Crippen LogP contribution in [-0.2, 0) is 19.9 Å². The molecule has 0 saturated carbocycles. The van der Waals surface area contributed by atoms with Crippen LogP contribution >= 0.6 is 0 Å². The summed E-state index contributed by atoms with van der Waals surface area (Å²) in [6.45, 7) is 4.88. The van der Waals surface area contributed by atoms with E-state index in [2.05, 4.69) is 11.5 Å². The van der Waals surface area contributed by atoms with Gasteiger partial charge in [0.25, 0.3) is 5.91 Å². The highest BCUT2D eigenvalue weighted by Crippen LogP contribution is 2.61. The summed E-state index contributed by atoms with van der Waals surface area (Å²) in [6, 6.07) is 14.5. The van der Waals surface area contributed by atoms with Gasteiger partial charge in [-0.1, -0.05) is 24.3 Å². The molecule has 33 heavy (non-hydrogen) atoms. The second-order valence-electron chi connectivity index (χ2n) is 9.10. The summed E-state index contributed by atoms with van der Waals surface area (Å²) < 4.78 is 5.23.